The molecule has 0 radical (unpaired) electrons. The molecule has 2 rings (SSSR count). The van der Waals surface area contributed by atoms with Gasteiger partial charge in [-0.1, -0.05) is 12.8 Å². The topological polar surface area (TPSA) is 122 Å². The Labute approximate surface area is 117 Å². The van der Waals surface area contributed by atoms with E-state index in [9.17, 15) is 13.2 Å². The van der Waals surface area contributed by atoms with Crippen LogP contribution in [0.25, 0.3) is 0 Å². The highest BCUT2D eigenvalue weighted by Crippen LogP contribution is 2.19. The third kappa shape index (κ3) is 3.33. The van der Waals surface area contributed by atoms with Crippen molar-refractivity contribution in [1.82, 2.24) is 9.71 Å². The SMILES string of the molecule is NC1CCCCC1NS(=O)(=O)c1ccc(C(=O)O)cn1. The highest BCUT2D eigenvalue weighted by Gasteiger charge is 2.27. The Morgan fingerprint density at radius 1 is 1.35 bits per heavy atom. The van der Waals surface area contributed by atoms with Crippen LogP contribution >= 0.6 is 0 Å². The molecule has 20 heavy (non-hydrogen) atoms. The van der Waals surface area contributed by atoms with Crippen molar-refractivity contribution < 1.29 is 18.3 Å². The first kappa shape index (κ1) is 14.9. The summed E-state index contributed by atoms with van der Waals surface area (Å²) < 4.78 is 26.8. The van der Waals surface area contributed by atoms with Gasteiger partial charge in [0.05, 0.1) is 5.56 Å². The van der Waals surface area contributed by atoms with Gasteiger partial charge in [0, 0.05) is 18.3 Å². The number of nitrogens with zero attached hydrogens (tertiary/aromatic N) is 1. The lowest BCUT2D eigenvalue weighted by molar-refractivity contribution is 0.0696. The third-order valence-electron chi connectivity index (χ3n) is 3.38. The van der Waals surface area contributed by atoms with Crippen LogP contribution in [0.15, 0.2) is 23.4 Å². The summed E-state index contributed by atoms with van der Waals surface area (Å²) in [5.74, 6) is -1.15. The van der Waals surface area contributed by atoms with Crippen molar-refractivity contribution in [2.75, 3.05) is 0 Å². The number of hydrogen-bond acceptors (Lipinski definition) is 5. The van der Waals surface area contributed by atoms with Crippen LogP contribution in [0.4, 0.5) is 0 Å². The monoisotopic (exact) mass is 299 g/mol. The van der Waals surface area contributed by atoms with E-state index in [4.69, 9.17) is 10.8 Å². The predicted octanol–water partition coefficient (Wildman–Crippen LogP) is 0.328. The van der Waals surface area contributed by atoms with Gasteiger partial charge in [0.25, 0.3) is 10.0 Å². The van der Waals surface area contributed by atoms with Crippen molar-refractivity contribution >= 4 is 16.0 Å². The summed E-state index contributed by atoms with van der Waals surface area (Å²) in [6.45, 7) is 0. The Hall–Kier alpha value is -1.51. The molecule has 110 valence electrons. The summed E-state index contributed by atoms with van der Waals surface area (Å²) in [5, 5.41) is 8.56. The summed E-state index contributed by atoms with van der Waals surface area (Å²) >= 11 is 0. The Bertz CT molecular complexity index is 585. The van der Waals surface area contributed by atoms with Gasteiger partial charge in [-0.3, -0.25) is 0 Å². The van der Waals surface area contributed by atoms with Crippen molar-refractivity contribution in [1.29, 1.82) is 0 Å². The van der Waals surface area contributed by atoms with E-state index < -0.39 is 16.0 Å². The van der Waals surface area contributed by atoms with Gasteiger partial charge in [0.2, 0.25) is 0 Å². The van der Waals surface area contributed by atoms with Crippen LogP contribution in [-0.4, -0.2) is 36.6 Å². The summed E-state index contributed by atoms with van der Waals surface area (Å²) in [7, 11) is -3.77. The molecule has 1 aromatic rings. The molecule has 2 unspecified atom stereocenters. The third-order valence-corrected chi connectivity index (χ3v) is 4.79. The van der Waals surface area contributed by atoms with Gasteiger partial charge in [0.15, 0.2) is 5.03 Å². The molecular formula is C12H17N3O4S. The molecule has 1 aliphatic carbocycles. The Morgan fingerprint density at radius 3 is 2.60 bits per heavy atom. The molecule has 1 aromatic heterocycles. The fourth-order valence-electron chi connectivity index (χ4n) is 2.23. The zero-order valence-corrected chi connectivity index (χ0v) is 11.6. The van der Waals surface area contributed by atoms with Crippen LogP contribution in [0.2, 0.25) is 0 Å². The maximum atomic E-state index is 12.2. The van der Waals surface area contributed by atoms with Crippen molar-refractivity contribution in [2.45, 2.75) is 42.8 Å². The van der Waals surface area contributed by atoms with Crippen LogP contribution in [0.1, 0.15) is 36.0 Å². The average molecular weight is 299 g/mol. The summed E-state index contributed by atoms with van der Waals surface area (Å²) in [5.41, 5.74) is 5.85. The quantitative estimate of drug-likeness (QED) is 0.736. The van der Waals surface area contributed by atoms with Gasteiger partial charge in [-0.15, -0.1) is 0 Å². The van der Waals surface area contributed by atoms with E-state index in [1.54, 1.807) is 0 Å². The number of hydrogen-bond donors (Lipinski definition) is 3. The van der Waals surface area contributed by atoms with Crippen molar-refractivity contribution in [2.24, 2.45) is 5.73 Å². The van der Waals surface area contributed by atoms with E-state index in [1.807, 2.05) is 0 Å². The van der Waals surface area contributed by atoms with Gasteiger partial charge >= 0.3 is 5.97 Å². The van der Waals surface area contributed by atoms with Gasteiger partial charge in [0.1, 0.15) is 0 Å². The van der Waals surface area contributed by atoms with E-state index in [1.165, 1.54) is 12.1 Å². The van der Waals surface area contributed by atoms with Gasteiger partial charge in [-0.25, -0.2) is 22.9 Å². The maximum absolute atomic E-state index is 12.2. The molecule has 7 nitrogen and oxygen atoms in total. The van der Waals surface area contributed by atoms with Crippen molar-refractivity contribution in [3.05, 3.63) is 23.9 Å². The number of nitrogens with two attached hydrogens (primary N) is 1. The molecule has 4 N–H and O–H groups in total. The van der Waals surface area contributed by atoms with Crippen LogP contribution in [-0.2, 0) is 10.0 Å². The summed E-state index contributed by atoms with van der Waals surface area (Å²) in [4.78, 5) is 14.4. The molecule has 1 saturated carbocycles. The van der Waals surface area contributed by atoms with E-state index in [0.717, 1.165) is 25.5 Å². The Kier molecular flexibility index (Phi) is 4.36. The number of aromatic carboxylic acids is 1. The number of nitrogens with one attached hydrogen (secondary N) is 1. The van der Waals surface area contributed by atoms with Crippen molar-refractivity contribution in [3.8, 4) is 0 Å². The molecule has 1 aliphatic rings. The molecule has 2 atom stereocenters. The molecule has 0 aliphatic heterocycles. The number of sulfonamides is 1. The van der Waals surface area contributed by atoms with Gasteiger partial charge < -0.3 is 10.8 Å². The first-order valence-electron chi connectivity index (χ1n) is 6.37. The van der Waals surface area contributed by atoms with Crippen molar-refractivity contribution in [3.63, 3.8) is 0 Å². The Balaban J connectivity index is 2.15. The first-order chi connectivity index (χ1) is 9.40. The lowest BCUT2D eigenvalue weighted by Crippen LogP contribution is -2.49. The van der Waals surface area contributed by atoms with Crippen LogP contribution < -0.4 is 10.5 Å². The van der Waals surface area contributed by atoms with E-state index in [2.05, 4.69) is 9.71 Å². The molecule has 1 fully saturated rings. The molecule has 0 amide bonds. The average Bonchev–Trinajstić information content (AvgIpc) is 2.41. The summed E-state index contributed by atoms with van der Waals surface area (Å²) in [6.07, 6.45) is 4.46. The first-order valence-corrected chi connectivity index (χ1v) is 7.86. The standard InChI is InChI=1S/C12H17N3O4S/c13-9-3-1-2-4-10(9)15-20(18,19)11-6-5-8(7-14-11)12(16)17/h5-7,9-10,15H,1-4,13H2,(H,16,17). The molecule has 8 heteroatoms. The number of rotatable bonds is 4. The number of carbonyl (C=O) groups is 1. The lowest BCUT2D eigenvalue weighted by Gasteiger charge is -2.28. The van der Waals surface area contributed by atoms with Crippen LogP contribution in [0.5, 0.6) is 0 Å². The normalized spacial score (nSPS) is 23.4. The lowest BCUT2D eigenvalue weighted by atomic mass is 9.92. The van der Waals surface area contributed by atoms with E-state index >= 15 is 0 Å². The van der Waals surface area contributed by atoms with E-state index in [-0.39, 0.29) is 22.7 Å². The maximum Gasteiger partial charge on any atom is 0.337 e. The largest absolute Gasteiger partial charge is 0.478 e. The molecular weight excluding hydrogens is 282 g/mol. The van der Waals surface area contributed by atoms with Gasteiger partial charge in [-0.2, -0.15) is 0 Å². The van der Waals surface area contributed by atoms with Crippen LogP contribution in [0.3, 0.4) is 0 Å². The number of aromatic nitrogens is 1. The number of pyridine rings is 1. The summed E-state index contributed by atoms with van der Waals surface area (Å²) in [6, 6.07) is 1.90. The minimum absolute atomic E-state index is 0.0571. The number of carboxylic acids is 1. The fraction of sp³-hybridized carbons (Fsp3) is 0.500. The molecule has 0 aromatic carbocycles. The fourth-order valence-corrected chi connectivity index (χ4v) is 3.48. The number of carboxylic acid groups (broad SMARTS) is 1. The smallest absolute Gasteiger partial charge is 0.337 e. The second-order valence-electron chi connectivity index (χ2n) is 4.87. The zero-order chi connectivity index (χ0) is 14.8. The second-order valence-corrected chi connectivity index (χ2v) is 6.53. The Morgan fingerprint density at radius 2 is 2.05 bits per heavy atom. The molecule has 1 heterocycles. The van der Waals surface area contributed by atoms with E-state index in [0.29, 0.717) is 6.42 Å². The molecule has 0 bridgehead atoms. The molecule has 0 spiro atoms. The minimum atomic E-state index is -3.77. The van der Waals surface area contributed by atoms with Gasteiger partial charge in [-0.05, 0) is 25.0 Å². The van der Waals surface area contributed by atoms with Crippen LogP contribution in [0, 0.1) is 0 Å². The second kappa shape index (κ2) is 5.86. The molecule has 0 saturated heterocycles. The highest BCUT2D eigenvalue weighted by molar-refractivity contribution is 7.89. The zero-order valence-electron chi connectivity index (χ0n) is 10.8. The highest BCUT2D eigenvalue weighted by atomic mass is 32.2. The predicted molar refractivity (Wildman–Crippen MR) is 71.7 cm³/mol. The minimum Gasteiger partial charge on any atom is -0.478 e.